The summed E-state index contributed by atoms with van der Waals surface area (Å²) in [7, 11) is -3.69. The molecule has 1 saturated carbocycles. The minimum absolute atomic E-state index is 0.0363. The molecule has 4 rings (SSSR count). The first kappa shape index (κ1) is 32.3. The Morgan fingerprint density at radius 3 is 2.30 bits per heavy atom. The van der Waals surface area contributed by atoms with E-state index in [1.165, 1.54) is 12.1 Å². The van der Waals surface area contributed by atoms with Crippen molar-refractivity contribution in [1.29, 1.82) is 0 Å². The first-order chi connectivity index (χ1) is 20.3. The van der Waals surface area contributed by atoms with Crippen LogP contribution in [0, 0.1) is 0 Å². The van der Waals surface area contributed by atoms with Crippen LogP contribution >= 0.6 is 11.6 Å². The second-order valence-electron chi connectivity index (χ2n) is 10.4. The van der Waals surface area contributed by atoms with Crippen LogP contribution in [0.25, 0.3) is 0 Å². The third kappa shape index (κ3) is 9.72. The zero-order valence-corrected chi connectivity index (χ0v) is 24.9. The van der Waals surface area contributed by atoms with Gasteiger partial charge in [-0.25, -0.2) is 8.42 Å². The molecule has 43 heavy (non-hydrogen) atoms. The minimum atomic E-state index is -4.59. The van der Waals surface area contributed by atoms with Crippen molar-refractivity contribution < 1.29 is 35.9 Å². The van der Waals surface area contributed by atoms with Gasteiger partial charge in [0.25, 0.3) is 0 Å². The van der Waals surface area contributed by atoms with Crippen LogP contribution in [-0.2, 0) is 26.6 Å². The summed E-state index contributed by atoms with van der Waals surface area (Å²) in [5.74, 6) is -1.37. The van der Waals surface area contributed by atoms with Crippen molar-refractivity contribution in [2.45, 2.75) is 57.2 Å². The van der Waals surface area contributed by atoms with Crippen molar-refractivity contribution in [2.24, 2.45) is 0 Å². The molecule has 0 amide bonds. The lowest BCUT2D eigenvalue weighted by Crippen LogP contribution is -2.23. The second-order valence-corrected chi connectivity index (χ2v) is 13.0. The number of carbonyl (C=O) groups excluding carboxylic acids is 2. The molecule has 1 aliphatic rings. The molecular weight excluding hydrogens is 609 g/mol. The van der Waals surface area contributed by atoms with Gasteiger partial charge in [0, 0.05) is 29.8 Å². The SMILES string of the molecule is CCC(=O)CCCS(=O)(=O)CC(=O)c1ccc(Cc2nc(NC3(c4ccc(Cl)cc4)CC3)nc(OCC(F)(F)F)n2)cc1. The highest BCUT2D eigenvalue weighted by Gasteiger charge is 2.45. The van der Waals surface area contributed by atoms with Crippen LogP contribution in [0.5, 0.6) is 6.01 Å². The van der Waals surface area contributed by atoms with E-state index >= 15 is 0 Å². The smallest absolute Gasteiger partial charge is 0.422 e. The molecule has 0 aliphatic heterocycles. The third-order valence-electron chi connectivity index (χ3n) is 6.82. The number of aromatic nitrogens is 3. The van der Waals surface area contributed by atoms with Gasteiger partial charge in [0.15, 0.2) is 22.2 Å². The van der Waals surface area contributed by atoms with E-state index in [1.54, 1.807) is 31.2 Å². The van der Waals surface area contributed by atoms with E-state index in [9.17, 15) is 31.2 Å². The second kappa shape index (κ2) is 13.4. The molecule has 0 bridgehead atoms. The summed E-state index contributed by atoms with van der Waals surface area (Å²) in [5, 5.41) is 3.78. The molecule has 1 aliphatic carbocycles. The fourth-order valence-electron chi connectivity index (χ4n) is 4.35. The monoisotopic (exact) mass is 638 g/mol. The zero-order valence-electron chi connectivity index (χ0n) is 23.3. The Morgan fingerprint density at radius 1 is 1.02 bits per heavy atom. The summed E-state index contributed by atoms with van der Waals surface area (Å²) in [5.41, 5.74) is 1.23. The molecule has 0 atom stereocenters. The molecule has 0 radical (unpaired) electrons. The quantitative estimate of drug-likeness (QED) is 0.214. The van der Waals surface area contributed by atoms with Crippen molar-refractivity contribution in [1.82, 2.24) is 15.0 Å². The Bertz CT molecular complexity index is 1560. The molecule has 2 aromatic carbocycles. The Balaban J connectivity index is 1.47. The maximum absolute atomic E-state index is 12.8. The summed E-state index contributed by atoms with van der Waals surface area (Å²) in [6, 6.07) is 12.8. The summed E-state index contributed by atoms with van der Waals surface area (Å²) < 4.78 is 68.0. The number of halogens is 4. The number of benzene rings is 2. The lowest BCUT2D eigenvalue weighted by atomic mass is 10.1. The number of hydrogen-bond donors (Lipinski definition) is 1. The minimum Gasteiger partial charge on any atom is -0.454 e. The average molecular weight is 639 g/mol. The number of carbonyl (C=O) groups is 2. The van der Waals surface area contributed by atoms with Crippen LogP contribution in [0.2, 0.25) is 5.02 Å². The fraction of sp³-hybridized carbons (Fsp3) is 0.414. The maximum Gasteiger partial charge on any atom is 0.422 e. The number of hydrogen-bond acceptors (Lipinski definition) is 9. The number of Topliss-reactive ketones (excluding diaryl/α,β-unsaturated/α-hetero) is 2. The van der Waals surface area contributed by atoms with Crippen molar-refractivity contribution in [2.75, 3.05) is 23.4 Å². The first-order valence-electron chi connectivity index (χ1n) is 13.6. The predicted octanol–water partition coefficient (Wildman–Crippen LogP) is 5.51. The molecule has 9 nitrogen and oxygen atoms in total. The molecular formula is C29H30ClF3N4O5S. The summed E-state index contributed by atoms with van der Waals surface area (Å²) in [4.78, 5) is 36.5. The first-order valence-corrected chi connectivity index (χ1v) is 15.8. The van der Waals surface area contributed by atoms with Crippen LogP contribution in [0.15, 0.2) is 48.5 Å². The highest BCUT2D eigenvalue weighted by atomic mass is 35.5. The molecule has 1 N–H and O–H groups in total. The largest absolute Gasteiger partial charge is 0.454 e. The maximum atomic E-state index is 12.8. The molecule has 1 aromatic heterocycles. The highest BCUT2D eigenvalue weighted by molar-refractivity contribution is 7.92. The number of ketones is 2. The molecule has 14 heteroatoms. The molecule has 3 aromatic rings. The van der Waals surface area contributed by atoms with Gasteiger partial charge in [-0.1, -0.05) is 54.9 Å². The lowest BCUT2D eigenvalue weighted by Gasteiger charge is -2.19. The molecule has 230 valence electrons. The number of ether oxygens (including phenoxy) is 1. The van der Waals surface area contributed by atoms with Crippen LogP contribution in [0.4, 0.5) is 19.1 Å². The van der Waals surface area contributed by atoms with E-state index in [0.29, 0.717) is 17.0 Å². The Hall–Kier alpha value is -3.58. The van der Waals surface area contributed by atoms with Crippen molar-refractivity contribution in [3.05, 3.63) is 76.1 Å². The van der Waals surface area contributed by atoms with Crippen molar-refractivity contribution >= 4 is 39.0 Å². The van der Waals surface area contributed by atoms with E-state index in [0.717, 1.165) is 18.4 Å². The molecule has 0 unspecified atom stereocenters. The standard InChI is InChI=1S/C29H30ClF3N4O5S/c1-2-23(38)4-3-15-43(40,41)17-24(39)20-7-5-19(6-8-20)16-25-34-26(36-27(35-25)42-18-29(31,32)33)37-28(13-14-28)21-9-11-22(30)12-10-21/h5-12H,2-4,13-18H2,1H3,(H,34,35,36,37). The van der Waals surface area contributed by atoms with Crippen molar-refractivity contribution in [3.8, 4) is 6.01 Å². The van der Waals surface area contributed by atoms with Gasteiger partial charge in [-0.15, -0.1) is 0 Å². The highest BCUT2D eigenvalue weighted by Crippen LogP contribution is 2.48. The summed E-state index contributed by atoms with van der Waals surface area (Å²) in [6.07, 6.45) is -2.37. The Kier molecular flexibility index (Phi) is 10.1. The number of sulfone groups is 1. The molecule has 1 fully saturated rings. The van der Waals surface area contributed by atoms with Crippen LogP contribution in [0.1, 0.15) is 66.3 Å². The van der Waals surface area contributed by atoms with Crippen LogP contribution in [-0.4, -0.2) is 59.2 Å². The van der Waals surface area contributed by atoms with Crippen LogP contribution < -0.4 is 10.1 Å². The fourth-order valence-corrected chi connectivity index (χ4v) is 5.77. The van der Waals surface area contributed by atoms with Gasteiger partial charge < -0.3 is 10.1 Å². The van der Waals surface area contributed by atoms with Gasteiger partial charge in [0.2, 0.25) is 5.95 Å². The van der Waals surface area contributed by atoms with Gasteiger partial charge in [0.1, 0.15) is 17.4 Å². The summed E-state index contributed by atoms with van der Waals surface area (Å²) >= 11 is 6.00. The number of nitrogens with one attached hydrogen (secondary N) is 1. The average Bonchev–Trinajstić information content (AvgIpc) is 3.72. The molecule has 0 saturated heterocycles. The Labute approximate surface area is 252 Å². The predicted molar refractivity (Wildman–Crippen MR) is 154 cm³/mol. The number of anilines is 1. The number of alkyl halides is 3. The normalized spacial score (nSPS) is 14.3. The summed E-state index contributed by atoms with van der Waals surface area (Å²) in [6.45, 7) is 0.125. The molecule has 1 heterocycles. The van der Waals surface area contributed by atoms with Crippen LogP contribution in [0.3, 0.4) is 0 Å². The Morgan fingerprint density at radius 2 is 1.70 bits per heavy atom. The van der Waals surface area contributed by atoms with Gasteiger partial charge in [-0.05, 0) is 42.5 Å². The van der Waals surface area contributed by atoms with E-state index in [2.05, 4.69) is 20.3 Å². The van der Waals surface area contributed by atoms with E-state index in [4.69, 9.17) is 16.3 Å². The lowest BCUT2D eigenvalue weighted by molar-refractivity contribution is -0.154. The van der Waals surface area contributed by atoms with Crippen molar-refractivity contribution in [3.63, 3.8) is 0 Å². The van der Waals surface area contributed by atoms with Gasteiger partial charge in [-0.3, -0.25) is 9.59 Å². The number of rotatable bonds is 15. The number of nitrogens with zero attached hydrogens (tertiary/aromatic N) is 3. The third-order valence-corrected chi connectivity index (χ3v) is 8.68. The van der Waals surface area contributed by atoms with Gasteiger partial charge in [-0.2, -0.15) is 28.1 Å². The molecule has 0 spiro atoms. The topological polar surface area (TPSA) is 128 Å². The van der Waals surface area contributed by atoms with E-state index in [-0.39, 0.29) is 48.1 Å². The zero-order chi connectivity index (χ0) is 31.3. The van der Waals surface area contributed by atoms with E-state index < -0.39 is 45.7 Å². The van der Waals surface area contributed by atoms with Gasteiger partial charge >= 0.3 is 12.2 Å². The van der Waals surface area contributed by atoms with Gasteiger partial charge in [0.05, 0.1) is 11.3 Å². The van der Waals surface area contributed by atoms with E-state index in [1.807, 2.05) is 12.1 Å².